The molecule has 2 aromatic rings. The molecule has 0 saturated heterocycles. The van der Waals surface area contributed by atoms with Gasteiger partial charge in [-0.15, -0.1) is 0 Å². The van der Waals surface area contributed by atoms with Crippen molar-refractivity contribution in [1.29, 1.82) is 0 Å². The molecule has 1 amide bonds. The van der Waals surface area contributed by atoms with E-state index in [0.29, 0.717) is 5.75 Å². The molecule has 0 aliphatic carbocycles. The highest BCUT2D eigenvalue weighted by atomic mass is 16.5. The molecule has 0 atom stereocenters. The molecule has 2 heterocycles. The van der Waals surface area contributed by atoms with E-state index in [-0.39, 0.29) is 12.4 Å². The van der Waals surface area contributed by atoms with Crippen LogP contribution >= 0.6 is 0 Å². The van der Waals surface area contributed by atoms with Crippen LogP contribution in [-0.2, 0) is 0 Å². The van der Waals surface area contributed by atoms with E-state index in [0.717, 1.165) is 5.56 Å². The lowest BCUT2D eigenvalue weighted by molar-refractivity contribution is 0.0992. The molecule has 6 heteroatoms. The number of hydrogen-bond acceptors (Lipinski definition) is 4. The summed E-state index contributed by atoms with van der Waals surface area (Å²) in [5.41, 5.74) is 0.854. The number of rotatable bonds is 0. The van der Waals surface area contributed by atoms with Gasteiger partial charge in [-0.1, -0.05) is 12.1 Å². The van der Waals surface area contributed by atoms with Crippen LogP contribution in [0.25, 0.3) is 6.20 Å². The van der Waals surface area contributed by atoms with Crippen molar-refractivity contribution in [2.45, 2.75) is 0 Å². The maximum Gasteiger partial charge on any atom is 0.313 e. The monoisotopic (exact) mass is 280 g/mol. The zero-order valence-corrected chi connectivity index (χ0v) is 11.1. The molecule has 0 radical (unpaired) electrons. The first-order valence-corrected chi connectivity index (χ1v) is 6.36. The quantitative estimate of drug-likeness (QED) is 0.741. The van der Waals surface area contributed by atoms with Gasteiger partial charge >= 0.3 is 5.91 Å². The molecule has 1 aromatic carbocycles. The van der Waals surface area contributed by atoms with Crippen LogP contribution in [0.5, 0.6) is 5.75 Å². The Morgan fingerprint density at radius 2 is 2.14 bits per heavy atom. The Labute approximate surface area is 121 Å². The van der Waals surface area contributed by atoms with Crippen molar-refractivity contribution < 1.29 is 9.53 Å². The summed E-state index contributed by atoms with van der Waals surface area (Å²) in [6.45, 7) is 0.199. The Morgan fingerprint density at radius 1 is 1.24 bits per heavy atom. The van der Waals surface area contributed by atoms with Crippen molar-refractivity contribution in [2.24, 2.45) is 9.98 Å². The first kappa shape index (κ1) is 13.0. The average molecular weight is 280 g/mol. The van der Waals surface area contributed by atoms with Crippen LogP contribution in [0.4, 0.5) is 0 Å². The fourth-order valence-corrected chi connectivity index (χ4v) is 1.86. The molecule has 21 heavy (non-hydrogen) atoms. The van der Waals surface area contributed by atoms with E-state index in [1.165, 1.54) is 12.4 Å². The van der Waals surface area contributed by atoms with Gasteiger partial charge in [0.25, 0.3) is 0 Å². The van der Waals surface area contributed by atoms with Crippen LogP contribution in [0.15, 0.2) is 52.8 Å². The maximum absolute atomic E-state index is 11.9. The molecule has 6 nitrogen and oxygen atoms in total. The minimum atomic E-state index is -0.426. The zero-order chi connectivity index (χ0) is 14.5. The summed E-state index contributed by atoms with van der Waals surface area (Å²) in [5, 5.41) is 0. The van der Waals surface area contributed by atoms with Crippen molar-refractivity contribution in [3.8, 4) is 5.75 Å². The third kappa shape index (κ3) is 2.94. The van der Waals surface area contributed by atoms with Crippen LogP contribution in [0, 0.1) is 0 Å². The molecule has 0 spiro atoms. The van der Waals surface area contributed by atoms with Crippen LogP contribution in [0.1, 0.15) is 16.2 Å². The number of hydrogen-bond donors (Lipinski definition) is 0. The number of carbonyl (C=O) groups excluding carboxylic acids is 1. The van der Waals surface area contributed by atoms with E-state index in [2.05, 4.69) is 15.0 Å². The van der Waals surface area contributed by atoms with Gasteiger partial charge in [-0.3, -0.25) is 9.79 Å². The normalized spacial score (nSPS) is 15.9. The largest absolute Gasteiger partial charge is 0.487 e. The number of nitrogens with zero attached hydrogens (tertiary/aromatic N) is 4. The Kier molecular flexibility index (Phi) is 3.68. The predicted octanol–water partition coefficient (Wildman–Crippen LogP) is 2.03. The summed E-state index contributed by atoms with van der Waals surface area (Å²) < 4.78 is 7.15. The van der Waals surface area contributed by atoms with Gasteiger partial charge in [0, 0.05) is 42.8 Å². The molecular formula is C15H12N4O2. The summed E-state index contributed by atoms with van der Waals surface area (Å²) >= 11 is 0. The lowest BCUT2D eigenvalue weighted by Crippen LogP contribution is -2.06. The fourth-order valence-electron chi connectivity index (χ4n) is 1.86. The van der Waals surface area contributed by atoms with E-state index < -0.39 is 5.91 Å². The molecule has 1 aliphatic rings. The minimum Gasteiger partial charge on any atom is -0.487 e. The first-order valence-electron chi connectivity index (χ1n) is 6.36. The second-order valence-electron chi connectivity index (χ2n) is 4.20. The minimum absolute atomic E-state index is 0.199. The number of fused-ring (bicyclic) bond motifs is 2. The zero-order valence-electron chi connectivity index (χ0n) is 11.1. The molecule has 1 aromatic heterocycles. The number of carbonyl (C=O) groups is 1. The van der Waals surface area contributed by atoms with Crippen molar-refractivity contribution in [1.82, 2.24) is 9.55 Å². The molecule has 0 unspecified atom stereocenters. The fraction of sp³-hybridized carbons (Fsp3) is 0.0667. The lowest BCUT2D eigenvalue weighted by atomic mass is 10.2. The number of para-hydroxylation sites is 1. The Hall–Kier alpha value is -3.02. The van der Waals surface area contributed by atoms with Crippen LogP contribution < -0.4 is 4.74 Å². The number of ether oxygens (including phenoxy) is 1. The maximum atomic E-state index is 11.9. The van der Waals surface area contributed by atoms with Gasteiger partial charge in [-0.2, -0.15) is 0 Å². The van der Waals surface area contributed by atoms with Gasteiger partial charge in [-0.05, 0) is 12.1 Å². The van der Waals surface area contributed by atoms with E-state index in [1.54, 1.807) is 29.4 Å². The summed E-state index contributed by atoms with van der Waals surface area (Å²) in [6.07, 6.45) is 9.55. The average Bonchev–Trinajstić information content (AvgIpc) is 2.97. The van der Waals surface area contributed by atoms with Crippen molar-refractivity contribution >= 4 is 24.5 Å². The second kappa shape index (κ2) is 5.96. The summed E-state index contributed by atoms with van der Waals surface area (Å²) in [7, 11) is 0. The SMILES string of the molecule is O=C1N=CCOc2ccccc2C=N/C=C\n2ccnc21. The smallest absolute Gasteiger partial charge is 0.313 e. The molecule has 0 N–H and O–H groups in total. The summed E-state index contributed by atoms with van der Waals surface area (Å²) in [4.78, 5) is 23.9. The van der Waals surface area contributed by atoms with Crippen molar-refractivity contribution in [2.75, 3.05) is 6.61 Å². The van der Waals surface area contributed by atoms with Gasteiger partial charge in [0.1, 0.15) is 12.4 Å². The highest BCUT2D eigenvalue weighted by Gasteiger charge is 2.09. The van der Waals surface area contributed by atoms with Gasteiger partial charge in [0.2, 0.25) is 5.82 Å². The Bertz CT molecular complexity index is 744. The lowest BCUT2D eigenvalue weighted by Gasteiger charge is -2.05. The molecular weight excluding hydrogens is 268 g/mol. The second-order valence-corrected chi connectivity index (χ2v) is 4.20. The Balaban J connectivity index is 1.98. The topological polar surface area (TPSA) is 68.8 Å². The number of aromatic nitrogens is 2. The molecule has 0 saturated carbocycles. The van der Waals surface area contributed by atoms with Crippen molar-refractivity contribution in [3.63, 3.8) is 0 Å². The molecule has 0 bridgehead atoms. The molecule has 0 fully saturated rings. The van der Waals surface area contributed by atoms with E-state index >= 15 is 0 Å². The number of amides is 1. The van der Waals surface area contributed by atoms with Gasteiger partial charge < -0.3 is 9.30 Å². The van der Waals surface area contributed by atoms with Gasteiger partial charge in [-0.25, -0.2) is 9.98 Å². The predicted molar refractivity (Wildman–Crippen MR) is 79.9 cm³/mol. The standard InChI is InChI=1S/C15H12N4O2/c20-15-14-17-6-9-19(14)8-5-16-11-12-3-1-2-4-13(12)21-10-7-18-15/h1-9,11H,10H2/b8-5-,16-11?,18-7?. The summed E-state index contributed by atoms with van der Waals surface area (Å²) in [6, 6.07) is 7.52. The van der Waals surface area contributed by atoms with Crippen molar-refractivity contribution in [3.05, 3.63) is 54.2 Å². The molecule has 3 rings (SSSR count). The molecule has 1 aliphatic heterocycles. The Morgan fingerprint density at radius 3 is 3.10 bits per heavy atom. The number of aliphatic imine (C=N–C) groups is 2. The van der Waals surface area contributed by atoms with E-state index in [9.17, 15) is 4.79 Å². The van der Waals surface area contributed by atoms with Gasteiger partial charge in [0.05, 0.1) is 0 Å². The van der Waals surface area contributed by atoms with Crippen LogP contribution in [0.3, 0.4) is 0 Å². The molecule has 104 valence electrons. The third-order valence-corrected chi connectivity index (χ3v) is 2.83. The highest BCUT2D eigenvalue weighted by molar-refractivity contribution is 5.97. The van der Waals surface area contributed by atoms with Crippen LogP contribution in [-0.4, -0.2) is 34.5 Å². The first-order chi connectivity index (χ1) is 10.3. The number of benzene rings is 1. The van der Waals surface area contributed by atoms with E-state index in [4.69, 9.17) is 4.74 Å². The van der Waals surface area contributed by atoms with E-state index in [1.807, 2.05) is 24.3 Å². The van der Waals surface area contributed by atoms with Crippen LogP contribution in [0.2, 0.25) is 0 Å². The summed E-state index contributed by atoms with van der Waals surface area (Å²) in [5.74, 6) is 0.491. The number of imidazole rings is 1. The highest BCUT2D eigenvalue weighted by Crippen LogP contribution is 2.15. The third-order valence-electron chi connectivity index (χ3n) is 2.83. The van der Waals surface area contributed by atoms with Gasteiger partial charge in [0.15, 0.2) is 0 Å².